The molecule has 31 heavy (non-hydrogen) atoms. The lowest BCUT2D eigenvalue weighted by atomic mass is 9.97. The second-order valence-corrected chi connectivity index (χ2v) is 8.25. The number of carbonyl (C=O) groups excluding carboxylic acids is 2. The maximum atomic E-state index is 12.3. The van der Waals surface area contributed by atoms with Crippen LogP contribution >= 0.6 is 0 Å². The number of carboxylic acids is 1. The first-order chi connectivity index (χ1) is 14.7. The van der Waals surface area contributed by atoms with Crippen LogP contribution in [0.2, 0.25) is 0 Å². The van der Waals surface area contributed by atoms with Gasteiger partial charge in [-0.3, -0.25) is 9.59 Å². The van der Waals surface area contributed by atoms with Gasteiger partial charge in [0, 0.05) is 23.7 Å². The van der Waals surface area contributed by atoms with E-state index in [0.29, 0.717) is 12.3 Å². The third-order valence-corrected chi connectivity index (χ3v) is 5.30. The zero-order valence-electron chi connectivity index (χ0n) is 18.4. The normalized spacial score (nSPS) is 16.5. The van der Waals surface area contributed by atoms with Gasteiger partial charge in [-0.1, -0.05) is 13.8 Å². The van der Waals surface area contributed by atoms with E-state index in [1.807, 2.05) is 13.0 Å². The van der Waals surface area contributed by atoms with Gasteiger partial charge in [-0.05, 0) is 51.3 Å². The van der Waals surface area contributed by atoms with E-state index < -0.39 is 36.5 Å². The van der Waals surface area contributed by atoms with Crippen LogP contribution in [0.3, 0.4) is 0 Å². The molecule has 0 aromatic carbocycles. The summed E-state index contributed by atoms with van der Waals surface area (Å²) < 4.78 is 0. The number of aryl methyl sites for hydroxylation is 2. The second-order valence-electron chi connectivity index (χ2n) is 8.25. The second kappa shape index (κ2) is 11.7. The highest BCUT2D eigenvalue weighted by Gasteiger charge is 2.28. The van der Waals surface area contributed by atoms with Gasteiger partial charge >= 0.3 is 5.97 Å². The number of aliphatic hydroxyl groups excluding tert-OH is 1. The van der Waals surface area contributed by atoms with Gasteiger partial charge in [0.25, 0.3) is 0 Å². The molecule has 2 heterocycles. The molecule has 0 radical (unpaired) electrons. The maximum Gasteiger partial charge on any atom is 0.326 e. The van der Waals surface area contributed by atoms with Crippen molar-refractivity contribution in [2.75, 3.05) is 19.7 Å². The number of amides is 2. The van der Waals surface area contributed by atoms with E-state index in [2.05, 4.69) is 25.9 Å². The molecule has 1 aromatic rings. The predicted molar refractivity (Wildman–Crippen MR) is 113 cm³/mol. The average Bonchev–Trinajstić information content (AvgIpc) is 2.74. The summed E-state index contributed by atoms with van der Waals surface area (Å²) in [5.74, 6) is -1.56. The van der Waals surface area contributed by atoms with Gasteiger partial charge in [0.15, 0.2) is 0 Å². The zero-order chi connectivity index (χ0) is 23.0. The lowest BCUT2D eigenvalue weighted by Crippen LogP contribution is -2.54. The molecule has 0 spiro atoms. The number of hydrogen-bond acceptors (Lipinski definition) is 7. The van der Waals surface area contributed by atoms with Gasteiger partial charge in [-0.25, -0.2) is 14.8 Å². The molecule has 10 nitrogen and oxygen atoms in total. The predicted octanol–water partition coefficient (Wildman–Crippen LogP) is -0.113. The first-order valence-electron chi connectivity index (χ1n) is 10.7. The molecule has 0 saturated carbocycles. The van der Waals surface area contributed by atoms with Crippen molar-refractivity contribution in [3.8, 4) is 0 Å². The van der Waals surface area contributed by atoms with Gasteiger partial charge < -0.3 is 26.2 Å². The van der Waals surface area contributed by atoms with Crippen LogP contribution in [0.5, 0.6) is 0 Å². The number of hydrogen-bond donors (Lipinski definition) is 5. The van der Waals surface area contributed by atoms with Crippen molar-refractivity contribution >= 4 is 17.8 Å². The minimum atomic E-state index is -1.22. The lowest BCUT2D eigenvalue weighted by molar-refractivity contribution is -0.143. The molecule has 0 bridgehead atoms. The molecule has 1 saturated heterocycles. The number of aliphatic carboxylic acids is 1. The molecule has 2 rings (SSSR count). The topological polar surface area (TPSA) is 154 Å². The Hall–Kier alpha value is -2.59. The molecule has 0 aliphatic carbocycles. The van der Waals surface area contributed by atoms with Gasteiger partial charge in [-0.15, -0.1) is 0 Å². The molecular formula is C21H33N5O5. The fraction of sp³-hybridized carbons (Fsp3) is 0.667. The van der Waals surface area contributed by atoms with Crippen LogP contribution in [0.1, 0.15) is 56.2 Å². The molecular weight excluding hydrogens is 402 g/mol. The molecule has 1 aromatic heterocycles. The Morgan fingerprint density at radius 3 is 2.45 bits per heavy atom. The average molecular weight is 436 g/mol. The van der Waals surface area contributed by atoms with Gasteiger partial charge in [0.05, 0.1) is 6.61 Å². The lowest BCUT2D eigenvalue weighted by Gasteiger charge is -2.22. The van der Waals surface area contributed by atoms with Crippen molar-refractivity contribution in [1.29, 1.82) is 0 Å². The zero-order valence-corrected chi connectivity index (χ0v) is 18.4. The number of nitrogens with zero attached hydrogens (tertiary/aromatic N) is 2. The summed E-state index contributed by atoms with van der Waals surface area (Å²) in [4.78, 5) is 45.1. The van der Waals surface area contributed by atoms with Crippen molar-refractivity contribution in [3.63, 3.8) is 0 Å². The van der Waals surface area contributed by atoms with Crippen molar-refractivity contribution in [1.82, 2.24) is 25.9 Å². The molecule has 5 N–H and O–H groups in total. The summed E-state index contributed by atoms with van der Waals surface area (Å²) in [5.41, 5.74) is 1.60. The highest BCUT2D eigenvalue weighted by Crippen LogP contribution is 2.22. The molecule has 2 atom stereocenters. The Kier molecular flexibility index (Phi) is 9.32. The van der Waals surface area contributed by atoms with E-state index in [1.165, 1.54) is 0 Å². The fourth-order valence-corrected chi connectivity index (χ4v) is 3.52. The van der Waals surface area contributed by atoms with Gasteiger partial charge in [-0.2, -0.15) is 0 Å². The Labute approximate surface area is 182 Å². The van der Waals surface area contributed by atoms with Crippen molar-refractivity contribution in [3.05, 3.63) is 23.3 Å². The van der Waals surface area contributed by atoms with Crippen LogP contribution in [0.15, 0.2) is 6.07 Å². The van der Waals surface area contributed by atoms with Crippen molar-refractivity contribution in [2.24, 2.45) is 5.92 Å². The van der Waals surface area contributed by atoms with Crippen LogP contribution < -0.4 is 16.0 Å². The molecule has 172 valence electrons. The van der Waals surface area contributed by atoms with Crippen LogP contribution in [-0.2, 0) is 20.8 Å². The highest BCUT2D eigenvalue weighted by atomic mass is 16.4. The Morgan fingerprint density at radius 2 is 1.87 bits per heavy atom. The Morgan fingerprint density at radius 1 is 1.19 bits per heavy atom. The van der Waals surface area contributed by atoms with Crippen LogP contribution in [0.4, 0.5) is 0 Å². The van der Waals surface area contributed by atoms with E-state index in [0.717, 1.165) is 43.1 Å². The molecule has 1 aliphatic heterocycles. The van der Waals surface area contributed by atoms with Gasteiger partial charge in [0.2, 0.25) is 11.8 Å². The van der Waals surface area contributed by atoms with E-state index in [-0.39, 0.29) is 12.3 Å². The molecule has 1 aliphatic rings. The van der Waals surface area contributed by atoms with E-state index in [9.17, 15) is 24.6 Å². The monoisotopic (exact) mass is 435 g/mol. The largest absolute Gasteiger partial charge is 0.480 e. The maximum absolute atomic E-state index is 12.3. The van der Waals surface area contributed by atoms with Gasteiger partial charge in [0.1, 0.15) is 17.9 Å². The van der Waals surface area contributed by atoms with E-state index in [4.69, 9.17) is 0 Å². The summed E-state index contributed by atoms with van der Waals surface area (Å²) in [6, 6.07) is -0.477. The highest BCUT2D eigenvalue weighted by molar-refractivity contribution is 5.90. The number of aliphatic hydroxyl groups is 1. The number of carbonyl (C=O) groups is 3. The van der Waals surface area contributed by atoms with E-state index >= 15 is 0 Å². The van der Waals surface area contributed by atoms with E-state index in [1.54, 1.807) is 13.8 Å². The number of aromatic nitrogens is 2. The number of piperidine rings is 1. The fourth-order valence-electron chi connectivity index (χ4n) is 3.52. The van der Waals surface area contributed by atoms with Crippen molar-refractivity contribution < 1.29 is 24.6 Å². The summed E-state index contributed by atoms with van der Waals surface area (Å²) in [5, 5.41) is 26.8. The number of nitrogens with one attached hydrogen (secondary N) is 3. The summed E-state index contributed by atoms with van der Waals surface area (Å²) in [6.45, 7) is 6.46. The SMILES string of the molecule is Cc1cc(CCC(=O)N[C@@H](CO)C(=O)N[C@H](C(=O)O)C(C)C)nc(C2CCNCC2)n1. The van der Waals surface area contributed by atoms with Crippen LogP contribution in [-0.4, -0.2) is 69.7 Å². The van der Waals surface area contributed by atoms with Crippen molar-refractivity contribution in [2.45, 2.75) is 64.5 Å². The minimum absolute atomic E-state index is 0.0818. The molecule has 1 fully saturated rings. The number of rotatable bonds is 10. The summed E-state index contributed by atoms with van der Waals surface area (Å²) in [7, 11) is 0. The summed E-state index contributed by atoms with van der Waals surface area (Å²) >= 11 is 0. The smallest absolute Gasteiger partial charge is 0.326 e. The minimum Gasteiger partial charge on any atom is -0.480 e. The quantitative estimate of drug-likeness (QED) is 0.341. The third kappa shape index (κ3) is 7.55. The Bertz CT molecular complexity index is 779. The Balaban J connectivity index is 1.93. The first kappa shape index (κ1) is 24.7. The third-order valence-electron chi connectivity index (χ3n) is 5.30. The standard InChI is InChI=1S/C21H33N5O5/c1-12(2)18(21(30)31)26-20(29)16(11-27)25-17(28)5-4-15-10-13(3)23-19(24-15)14-6-8-22-9-7-14/h10,12,14,16,18,22,27H,4-9,11H2,1-3H3,(H,25,28)(H,26,29)(H,30,31)/t16-,18-/m0/s1. The van der Waals surface area contributed by atoms with Crippen LogP contribution in [0, 0.1) is 12.8 Å². The molecule has 10 heteroatoms. The molecule has 2 amide bonds. The molecule has 0 unspecified atom stereocenters. The van der Waals surface area contributed by atoms with Crippen LogP contribution in [0.25, 0.3) is 0 Å². The first-order valence-corrected chi connectivity index (χ1v) is 10.7. The number of carboxylic acid groups (broad SMARTS) is 1. The summed E-state index contributed by atoms with van der Waals surface area (Å²) in [6.07, 6.45) is 2.41.